The van der Waals surface area contributed by atoms with Crippen molar-refractivity contribution in [2.75, 3.05) is 13.2 Å². The van der Waals surface area contributed by atoms with E-state index in [0.29, 0.717) is 6.61 Å². The molecule has 1 N–H and O–H groups in total. The molecule has 1 heterocycles. The summed E-state index contributed by atoms with van der Waals surface area (Å²) in [4.78, 5) is 0. The second-order valence-corrected chi connectivity index (χ2v) is 22.3. The van der Waals surface area contributed by atoms with Gasteiger partial charge in [-0.3, -0.25) is 0 Å². The lowest BCUT2D eigenvalue weighted by molar-refractivity contribution is 0.0393. The van der Waals surface area contributed by atoms with Crippen molar-refractivity contribution in [3.05, 3.63) is 72.8 Å². The van der Waals surface area contributed by atoms with Gasteiger partial charge in [-0.2, -0.15) is 0 Å². The maximum absolute atomic E-state index is 11.1. The van der Waals surface area contributed by atoms with Gasteiger partial charge < -0.3 is 18.7 Å². The van der Waals surface area contributed by atoms with Gasteiger partial charge in [-0.25, -0.2) is 0 Å². The van der Waals surface area contributed by atoms with Gasteiger partial charge >= 0.3 is 0 Å². The Balaban J connectivity index is 1.82. The fourth-order valence-corrected chi connectivity index (χ4v) is 14.3. The second-order valence-electron chi connectivity index (χ2n) is 13.3. The van der Waals surface area contributed by atoms with Crippen LogP contribution in [-0.2, 0) is 13.6 Å². The quantitative estimate of drug-likeness (QED) is 0.146. The Morgan fingerprint density at radius 2 is 1.48 bits per heavy atom. The summed E-state index contributed by atoms with van der Waals surface area (Å²) >= 11 is 0. The van der Waals surface area contributed by atoms with Gasteiger partial charge in [-0.15, -0.1) is 0 Å². The van der Waals surface area contributed by atoms with Crippen LogP contribution in [0.5, 0.6) is 0 Å². The molecule has 2 aromatic carbocycles. The van der Waals surface area contributed by atoms with Crippen molar-refractivity contribution in [2.24, 2.45) is 5.92 Å². The maximum atomic E-state index is 11.1. The molecule has 0 aromatic heterocycles. The van der Waals surface area contributed by atoms with Gasteiger partial charge in [-0.1, -0.05) is 121 Å². The number of hydrogen-bond acceptors (Lipinski definition) is 4. The molecule has 4 atom stereocenters. The summed E-state index contributed by atoms with van der Waals surface area (Å²) in [5, 5.41) is 13.6. The normalized spacial score (nSPS) is 18.5. The average molecular weight is 611 g/mol. The number of ether oxygens (including phenoxy) is 1. The molecule has 1 aliphatic rings. The van der Waals surface area contributed by atoms with Crippen LogP contribution in [0, 0.1) is 5.92 Å². The third kappa shape index (κ3) is 8.99. The van der Waals surface area contributed by atoms with Crippen LogP contribution in [0.3, 0.4) is 0 Å². The molecule has 3 rings (SSSR count). The molecule has 2 unspecified atom stereocenters. The summed E-state index contributed by atoms with van der Waals surface area (Å²) in [5.41, 5.74) is 0. The van der Waals surface area contributed by atoms with Crippen LogP contribution in [0.2, 0.25) is 23.2 Å². The van der Waals surface area contributed by atoms with Crippen LogP contribution in [-0.4, -0.2) is 53.3 Å². The zero-order valence-corrected chi connectivity index (χ0v) is 29.5. The Hall–Kier alpha value is -1.55. The minimum atomic E-state index is -2.61. The minimum absolute atomic E-state index is 0.0573. The summed E-state index contributed by atoms with van der Waals surface area (Å²) < 4.78 is 20.3. The van der Waals surface area contributed by atoms with Crippen LogP contribution in [0.1, 0.15) is 80.6 Å². The first kappa shape index (κ1) is 34.9. The average Bonchev–Trinajstić information content (AvgIpc) is 3.01. The van der Waals surface area contributed by atoms with Crippen molar-refractivity contribution in [1.82, 2.24) is 0 Å². The molecule has 0 amide bonds. The molecule has 2 aromatic rings. The molecule has 42 heavy (non-hydrogen) atoms. The molecule has 0 aliphatic carbocycles. The Bertz CT molecular complexity index is 1000. The summed E-state index contributed by atoms with van der Waals surface area (Å²) in [7, 11) is -4.47. The van der Waals surface area contributed by atoms with E-state index in [1.807, 2.05) is 0 Å². The molecule has 0 fully saturated rings. The Kier molecular flexibility index (Phi) is 13.7. The molecular weight excluding hydrogens is 553 g/mol. The molecule has 4 nitrogen and oxygen atoms in total. The number of benzene rings is 2. The SMILES string of the molecule is CC[Si](CC)(CC)O[C@H](CCO[Si](c1ccccc1)(c1ccccc1)C(C)(C)C)[C@H](C)CC(O)CCC1C=CCCO1. The Labute approximate surface area is 259 Å². The van der Waals surface area contributed by atoms with Crippen molar-refractivity contribution in [3.8, 4) is 0 Å². The summed E-state index contributed by atoms with van der Waals surface area (Å²) in [6.45, 7) is 17.6. The topological polar surface area (TPSA) is 47.9 Å². The first-order valence-corrected chi connectivity index (χ1v) is 20.9. The lowest BCUT2D eigenvalue weighted by Gasteiger charge is -2.44. The van der Waals surface area contributed by atoms with Crippen molar-refractivity contribution >= 4 is 27.0 Å². The summed E-state index contributed by atoms with van der Waals surface area (Å²) in [6.07, 6.45) is 8.37. The zero-order valence-electron chi connectivity index (χ0n) is 27.5. The van der Waals surface area contributed by atoms with E-state index in [4.69, 9.17) is 13.6 Å². The minimum Gasteiger partial charge on any atom is -0.414 e. The molecular formula is C36H58O4Si2. The third-order valence-corrected chi connectivity index (χ3v) is 19.2. The van der Waals surface area contributed by atoms with Crippen molar-refractivity contribution < 1.29 is 18.7 Å². The summed E-state index contributed by atoms with van der Waals surface area (Å²) in [5.74, 6) is 0.238. The lowest BCUT2D eigenvalue weighted by atomic mass is 9.93. The third-order valence-electron chi connectivity index (χ3n) is 9.50. The van der Waals surface area contributed by atoms with E-state index in [2.05, 4.69) is 121 Å². The lowest BCUT2D eigenvalue weighted by Crippen LogP contribution is -2.66. The summed E-state index contributed by atoms with van der Waals surface area (Å²) in [6, 6.07) is 25.1. The van der Waals surface area contributed by atoms with Crippen LogP contribution in [0.25, 0.3) is 0 Å². The van der Waals surface area contributed by atoms with Crippen LogP contribution in [0.15, 0.2) is 72.8 Å². The van der Waals surface area contributed by atoms with Crippen molar-refractivity contribution in [3.63, 3.8) is 0 Å². The van der Waals surface area contributed by atoms with E-state index >= 15 is 0 Å². The highest BCUT2D eigenvalue weighted by Gasteiger charge is 2.50. The van der Waals surface area contributed by atoms with E-state index in [1.54, 1.807) is 0 Å². The number of rotatable bonds is 17. The highest BCUT2D eigenvalue weighted by Crippen LogP contribution is 2.37. The van der Waals surface area contributed by atoms with Gasteiger partial charge in [0.05, 0.1) is 18.8 Å². The zero-order chi connectivity index (χ0) is 30.6. The fraction of sp³-hybridized carbons (Fsp3) is 0.611. The Morgan fingerprint density at radius 3 is 1.95 bits per heavy atom. The standard InChI is InChI=1S/C36H58O4Si2/c1-8-41(9-2,10-3)40-35(30(4)29-31(37)24-25-32-19-17-18-27-38-32)26-28-39-42(36(5,6)7,33-20-13-11-14-21-33)34-22-15-12-16-23-34/h11-17,19-23,30-32,35,37H,8-10,18,24-29H2,1-7H3/t30-,31?,32?,35-/m1/s1. The largest absolute Gasteiger partial charge is 0.414 e. The predicted molar refractivity (Wildman–Crippen MR) is 183 cm³/mol. The molecule has 0 saturated heterocycles. The molecule has 0 bridgehead atoms. The van der Waals surface area contributed by atoms with Crippen LogP contribution < -0.4 is 10.4 Å². The number of aliphatic hydroxyl groups excluding tert-OH is 1. The monoisotopic (exact) mass is 610 g/mol. The number of aliphatic hydroxyl groups is 1. The molecule has 1 aliphatic heterocycles. The number of hydrogen-bond donors (Lipinski definition) is 1. The molecule has 6 heteroatoms. The molecule has 0 spiro atoms. The molecule has 0 radical (unpaired) electrons. The van der Waals surface area contributed by atoms with Gasteiger partial charge in [0.2, 0.25) is 0 Å². The van der Waals surface area contributed by atoms with E-state index in [9.17, 15) is 5.11 Å². The van der Waals surface area contributed by atoms with E-state index in [0.717, 1.165) is 56.8 Å². The van der Waals surface area contributed by atoms with E-state index in [1.165, 1.54) is 10.4 Å². The fourth-order valence-electron chi connectivity index (χ4n) is 6.70. The van der Waals surface area contributed by atoms with Gasteiger partial charge in [0.1, 0.15) is 0 Å². The Morgan fingerprint density at radius 1 is 0.905 bits per heavy atom. The highest BCUT2D eigenvalue weighted by molar-refractivity contribution is 6.99. The van der Waals surface area contributed by atoms with E-state index < -0.39 is 16.6 Å². The van der Waals surface area contributed by atoms with Gasteiger partial charge in [0.25, 0.3) is 8.32 Å². The maximum Gasteiger partial charge on any atom is 0.261 e. The van der Waals surface area contributed by atoms with Gasteiger partial charge in [0, 0.05) is 12.7 Å². The predicted octanol–water partition coefficient (Wildman–Crippen LogP) is 7.86. The van der Waals surface area contributed by atoms with Crippen molar-refractivity contribution in [1.29, 1.82) is 0 Å². The van der Waals surface area contributed by atoms with Crippen molar-refractivity contribution in [2.45, 2.75) is 122 Å². The molecule has 0 saturated carbocycles. The van der Waals surface area contributed by atoms with Crippen LogP contribution in [0.4, 0.5) is 0 Å². The van der Waals surface area contributed by atoms with Crippen LogP contribution >= 0.6 is 0 Å². The van der Waals surface area contributed by atoms with Gasteiger partial charge in [0.15, 0.2) is 8.32 Å². The highest BCUT2D eigenvalue weighted by atomic mass is 28.4. The van der Waals surface area contributed by atoms with Gasteiger partial charge in [-0.05, 0) is 71.6 Å². The second kappa shape index (κ2) is 16.5. The first-order valence-electron chi connectivity index (χ1n) is 16.5. The smallest absolute Gasteiger partial charge is 0.261 e. The molecule has 234 valence electrons. The van der Waals surface area contributed by atoms with E-state index in [-0.39, 0.29) is 29.3 Å². The first-order chi connectivity index (χ1) is 20.1.